The van der Waals surface area contributed by atoms with Crippen LogP contribution in [0.3, 0.4) is 0 Å². The summed E-state index contributed by atoms with van der Waals surface area (Å²) in [6, 6.07) is 12.7. The molecule has 108 valence electrons. The van der Waals surface area contributed by atoms with Crippen molar-refractivity contribution in [1.82, 2.24) is 0 Å². The lowest BCUT2D eigenvalue weighted by atomic mass is 9.93. The number of hydrogen-bond acceptors (Lipinski definition) is 2. The van der Waals surface area contributed by atoms with Gasteiger partial charge in [-0.2, -0.15) is 0 Å². The molecule has 0 aromatic heterocycles. The van der Waals surface area contributed by atoms with Crippen LogP contribution >= 0.6 is 0 Å². The van der Waals surface area contributed by atoms with Crippen molar-refractivity contribution in [3.05, 3.63) is 70.8 Å². The molecule has 0 fully saturated rings. The number of aliphatic imine (C=N–C) groups is 1. The van der Waals surface area contributed by atoms with E-state index >= 15 is 0 Å². The Morgan fingerprint density at radius 1 is 1.05 bits per heavy atom. The lowest BCUT2D eigenvalue weighted by Gasteiger charge is -2.14. The average molecular weight is 278 g/mol. The van der Waals surface area contributed by atoms with Crippen LogP contribution in [0.2, 0.25) is 0 Å². The molecule has 0 aliphatic carbocycles. The molecule has 21 heavy (non-hydrogen) atoms. The number of hydrogen-bond donors (Lipinski definition) is 1. The molecule has 0 spiro atoms. The number of rotatable bonds is 4. The van der Waals surface area contributed by atoms with Crippen LogP contribution in [-0.4, -0.2) is 19.8 Å². The highest BCUT2D eigenvalue weighted by Gasteiger charge is 2.12. The van der Waals surface area contributed by atoms with Gasteiger partial charge in [0, 0.05) is 30.9 Å². The highest BCUT2D eigenvalue weighted by Crippen LogP contribution is 2.22. The first-order chi connectivity index (χ1) is 10.1. The molecule has 0 saturated carbocycles. The van der Waals surface area contributed by atoms with Crippen molar-refractivity contribution < 1.29 is 0 Å². The van der Waals surface area contributed by atoms with Gasteiger partial charge in [0.25, 0.3) is 0 Å². The van der Waals surface area contributed by atoms with Gasteiger partial charge in [-0.1, -0.05) is 30.9 Å². The molecule has 0 amide bonds. The molecule has 0 aliphatic rings. The molecule has 0 saturated heterocycles. The van der Waals surface area contributed by atoms with Gasteiger partial charge in [0.2, 0.25) is 0 Å². The van der Waals surface area contributed by atoms with Crippen LogP contribution in [0.5, 0.6) is 0 Å². The van der Waals surface area contributed by atoms with Crippen molar-refractivity contribution in [3.8, 4) is 0 Å². The first-order valence-corrected chi connectivity index (χ1v) is 7.09. The van der Waals surface area contributed by atoms with E-state index in [0.717, 1.165) is 22.5 Å². The Bertz CT molecular complexity index is 697. The molecule has 0 atom stereocenters. The molecule has 0 unspecified atom stereocenters. The van der Waals surface area contributed by atoms with Gasteiger partial charge in [-0.25, -0.2) is 0 Å². The summed E-state index contributed by atoms with van der Waals surface area (Å²) in [4.78, 5) is 4.54. The van der Waals surface area contributed by atoms with E-state index < -0.39 is 0 Å². The van der Waals surface area contributed by atoms with Crippen molar-refractivity contribution in [2.24, 2.45) is 4.99 Å². The summed E-state index contributed by atoms with van der Waals surface area (Å²) in [5.74, 6) is 0. The van der Waals surface area contributed by atoms with E-state index in [1.165, 1.54) is 16.7 Å². The van der Waals surface area contributed by atoms with Crippen LogP contribution in [-0.2, 0) is 0 Å². The Morgan fingerprint density at radius 2 is 1.81 bits per heavy atom. The first kappa shape index (κ1) is 15.0. The number of nitrogens with one attached hydrogen (secondary N) is 1. The smallest absolute Gasteiger partial charge is 0.0721 e. The fourth-order valence-corrected chi connectivity index (χ4v) is 2.49. The monoisotopic (exact) mass is 278 g/mol. The quantitative estimate of drug-likeness (QED) is 0.821. The second-order valence-electron chi connectivity index (χ2n) is 5.13. The zero-order valence-electron chi connectivity index (χ0n) is 13.2. The zero-order chi connectivity index (χ0) is 15.4. The molecule has 2 nitrogen and oxygen atoms in total. The Kier molecular flexibility index (Phi) is 4.59. The summed E-state index contributed by atoms with van der Waals surface area (Å²) in [6.45, 7) is 8.09. The topological polar surface area (TPSA) is 24.4 Å². The van der Waals surface area contributed by atoms with E-state index in [1.807, 2.05) is 20.2 Å². The minimum absolute atomic E-state index is 1.02. The summed E-state index contributed by atoms with van der Waals surface area (Å²) < 4.78 is 0. The molecule has 2 aromatic carbocycles. The standard InChI is InChI=1S/C19H22N2/c1-6-15-8-7-13(2)18(12-15)19(21-5)17-10-9-16(20-4)11-14(17)3/h6-12,20H,1H2,2-5H3/b21-19-. The molecular weight excluding hydrogens is 256 g/mol. The van der Waals surface area contributed by atoms with Crippen molar-refractivity contribution in [2.75, 3.05) is 19.4 Å². The van der Waals surface area contributed by atoms with E-state index in [4.69, 9.17) is 0 Å². The lowest BCUT2D eigenvalue weighted by molar-refractivity contribution is 1.34. The SMILES string of the molecule is C=Cc1ccc(C)c(/C(=N\C)c2ccc(NC)cc2C)c1. The van der Waals surface area contributed by atoms with Crippen LogP contribution in [0.15, 0.2) is 48.0 Å². The second-order valence-corrected chi connectivity index (χ2v) is 5.13. The first-order valence-electron chi connectivity index (χ1n) is 7.09. The van der Waals surface area contributed by atoms with E-state index in [0.29, 0.717) is 0 Å². The minimum Gasteiger partial charge on any atom is -0.388 e. The van der Waals surface area contributed by atoms with E-state index in [2.05, 4.69) is 67.1 Å². The van der Waals surface area contributed by atoms with Gasteiger partial charge in [-0.15, -0.1) is 0 Å². The van der Waals surface area contributed by atoms with Gasteiger partial charge >= 0.3 is 0 Å². The fourth-order valence-electron chi connectivity index (χ4n) is 2.49. The third-order valence-electron chi connectivity index (χ3n) is 3.75. The predicted molar refractivity (Wildman–Crippen MR) is 93.6 cm³/mol. The highest BCUT2D eigenvalue weighted by molar-refractivity contribution is 6.14. The maximum Gasteiger partial charge on any atom is 0.0721 e. The van der Waals surface area contributed by atoms with Crippen LogP contribution in [0.1, 0.15) is 27.8 Å². The second kappa shape index (κ2) is 6.40. The molecule has 2 aromatic rings. The molecule has 1 N–H and O–H groups in total. The number of nitrogens with zero attached hydrogens (tertiary/aromatic N) is 1. The van der Waals surface area contributed by atoms with Gasteiger partial charge in [0.15, 0.2) is 0 Å². The Morgan fingerprint density at radius 3 is 2.38 bits per heavy atom. The molecular formula is C19H22N2. The fraction of sp³-hybridized carbons (Fsp3) is 0.211. The summed E-state index contributed by atoms with van der Waals surface area (Å²) in [7, 11) is 3.78. The number of aryl methyl sites for hydroxylation is 2. The molecule has 0 heterocycles. The van der Waals surface area contributed by atoms with Gasteiger partial charge in [0.1, 0.15) is 0 Å². The predicted octanol–water partition coefficient (Wildman–Crippen LogP) is 4.46. The zero-order valence-corrected chi connectivity index (χ0v) is 13.2. The maximum absolute atomic E-state index is 4.54. The Hall–Kier alpha value is -2.35. The summed E-state index contributed by atoms with van der Waals surface area (Å²) >= 11 is 0. The highest BCUT2D eigenvalue weighted by atomic mass is 14.8. The van der Waals surface area contributed by atoms with Crippen molar-refractivity contribution >= 4 is 17.5 Å². The normalized spacial score (nSPS) is 11.3. The number of benzene rings is 2. The number of anilines is 1. The molecule has 0 aliphatic heterocycles. The van der Waals surface area contributed by atoms with Crippen LogP contribution < -0.4 is 5.32 Å². The lowest BCUT2D eigenvalue weighted by Crippen LogP contribution is -2.08. The van der Waals surface area contributed by atoms with Crippen LogP contribution in [0.25, 0.3) is 6.08 Å². The summed E-state index contributed by atoms with van der Waals surface area (Å²) in [5.41, 5.74) is 8.01. The van der Waals surface area contributed by atoms with Crippen molar-refractivity contribution in [3.63, 3.8) is 0 Å². The molecule has 2 rings (SSSR count). The largest absolute Gasteiger partial charge is 0.388 e. The van der Waals surface area contributed by atoms with Crippen molar-refractivity contribution in [2.45, 2.75) is 13.8 Å². The molecule has 0 radical (unpaired) electrons. The third kappa shape index (κ3) is 3.05. The Balaban J connectivity index is 2.58. The Labute approximate surface area is 127 Å². The van der Waals surface area contributed by atoms with Gasteiger partial charge in [0.05, 0.1) is 5.71 Å². The van der Waals surface area contributed by atoms with Crippen LogP contribution in [0, 0.1) is 13.8 Å². The molecule has 2 heteroatoms. The average Bonchev–Trinajstić information content (AvgIpc) is 2.51. The van der Waals surface area contributed by atoms with Gasteiger partial charge in [-0.3, -0.25) is 4.99 Å². The van der Waals surface area contributed by atoms with Crippen molar-refractivity contribution in [1.29, 1.82) is 0 Å². The molecule has 0 bridgehead atoms. The van der Waals surface area contributed by atoms with E-state index in [9.17, 15) is 0 Å². The van der Waals surface area contributed by atoms with Gasteiger partial charge < -0.3 is 5.32 Å². The summed E-state index contributed by atoms with van der Waals surface area (Å²) in [6.07, 6.45) is 1.87. The third-order valence-corrected chi connectivity index (χ3v) is 3.75. The van der Waals surface area contributed by atoms with E-state index in [-0.39, 0.29) is 0 Å². The van der Waals surface area contributed by atoms with E-state index in [1.54, 1.807) is 0 Å². The minimum atomic E-state index is 1.02. The van der Waals surface area contributed by atoms with Gasteiger partial charge in [-0.05, 0) is 48.7 Å². The van der Waals surface area contributed by atoms with Crippen LogP contribution in [0.4, 0.5) is 5.69 Å². The maximum atomic E-state index is 4.54. The summed E-state index contributed by atoms with van der Waals surface area (Å²) in [5, 5.41) is 3.17.